The molecule has 1 aliphatic rings. The van der Waals surface area contributed by atoms with E-state index in [2.05, 4.69) is 83.7 Å². The van der Waals surface area contributed by atoms with E-state index < -0.39 is 66.2 Å². The number of esters is 2. The molecule has 0 amide bonds. The normalized spacial score (nSPS) is 18.1. The van der Waals surface area contributed by atoms with Crippen molar-refractivity contribution < 1.29 is 66.3 Å². The molecule has 1 rings (SSSR count). The van der Waals surface area contributed by atoms with Crippen molar-refractivity contribution in [3.8, 4) is 0 Å². The van der Waals surface area contributed by atoms with E-state index in [1.165, 1.54) is 38.5 Å². The first-order valence-electron chi connectivity index (χ1n) is 21.8. The van der Waals surface area contributed by atoms with Crippen molar-refractivity contribution in [3.05, 3.63) is 72.9 Å². The Morgan fingerprint density at radius 1 is 0.583 bits per heavy atom. The number of epoxide rings is 1. The Labute approximate surface area is 359 Å². The third-order valence-corrected chi connectivity index (χ3v) is 10.4. The van der Waals surface area contributed by atoms with Crippen LogP contribution < -0.4 is 0 Å². The molecule has 14 nitrogen and oxygen atoms in total. The molecule has 0 bridgehead atoms. The number of rotatable bonds is 39. The molecular formula is C44H74O14P2. The van der Waals surface area contributed by atoms with E-state index in [0.29, 0.717) is 31.5 Å². The summed E-state index contributed by atoms with van der Waals surface area (Å²) in [6.45, 7) is 1.57. The maximum absolute atomic E-state index is 12.6. The number of aliphatic hydroxyl groups excluding tert-OH is 1. The second-order valence-electron chi connectivity index (χ2n) is 14.6. The van der Waals surface area contributed by atoms with Gasteiger partial charge in [-0.1, -0.05) is 119 Å². The summed E-state index contributed by atoms with van der Waals surface area (Å²) in [5.41, 5.74) is 0. The number of ether oxygens (including phenoxy) is 3. The highest BCUT2D eigenvalue weighted by Crippen LogP contribution is 2.44. The summed E-state index contributed by atoms with van der Waals surface area (Å²) < 4.78 is 53.4. The van der Waals surface area contributed by atoms with Crippen molar-refractivity contribution in [2.45, 2.75) is 167 Å². The van der Waals surface area contributed by atoms with Crippen LogP contribution in [-0.4, -0.2) is 82.6 Å². The van der Waals surface area contributed by atoms with Gasteiger partial charge in [-0.2, -0.15) is 0 Å². The monoisotopic (exact) mass is 888 g/mol. The van der Waals surface area contributed by atoms with Crippen LogP contribution in [0, 0.1) is 0 Å². The van der Waals surface area contributed by atoms with Crippen LogP contribution in [0.4, 0.5) is 0 Å². The Hall–Kier alpha value is -2.48. The fraction of sp³-hybridized carbons (Fsp3) is 0.682. The molecule has 5 atom stereocenters. The highest BCUT2D eigenvalue weighted by Gasteiger charge is 2.36. The zero-order valence-electron chi connectivity index (χ0n) is 36.0. The van der Waals surface area contributed by atoms with Gasteiger partial charge in [0, 0.05) is 12.8 Å². The predicted molar refractivity (Wildman–Crippen MR) is 234 cm³/mol. The quantitative estimate of drug-likeness (QED) is 0.0149. The summed E-state index contributed by atoms with van der Waals surface area (Å²) in [5, 5.41) is 9.74. The highest BCUT2D eigenvalue weighted by atomic mass is 31.2. The molecular weight excluding hydrogens is 814 g/mol. The lowest BCUT2D eigenvalue weighted by Gasteiger charge is -2.20. The van der Waals surface area contributed by atoms with Crippen LogP contribution in [0.2, 0.25) is 0 Å². The maximum atomic E-state index is 12.6. The number of hydrogen-bond acceptors (Lipinski definition) is 11. The number of phosphoric acid groups is 2. The number of allylic oxidation sites excluding steroid dienone is 11. The maximum Gasteiger partial charge on any atom is 0.472 e. The molecule has 0 radical (unpaired) electrons. The number of carbonyl (C=O) groups is 2. The van der Waals surface area contributed by atoms with Crippen LogP contribution in [0.25, 0.3) is 0 Å². The third-order valence-electron chi connectivity index (χ3n) is 8.98. The van der Waals surface area contributed by atoms with Crippen LogP contribution in [0.15, 0.2) is 72.9 Å². The molecule has 0 spiro atoms. The molecule has 1 aliphatic heterocycles. The molecule has 344 valence electrons. The molecule has 0 aromatic rings. The Balaban J connectivity index is 2.43. The van der Waals surface area contributed by atoms with Crippen molar-refractivity contribution in [1.82, 2.24) is 0 Å². The summed E-state index contributed by atoms with van der Waals surface area (Å²) in [6, 6.07) is 0. The lowest BCUT2D eigenvalue weighted by Crippen LogP contribution is -2.29. The average Bonchev–Trinajstić information content (AvgIpc) is 3.96. The van der Waals surface area contributed by atoms with Gasteiger partial charge in [-0.3, -0.25) is 23.2 Å². The van der Waals surface area contributed by atoms with Gasteiger partial charge >= 0.3 is 27.6 Å². The van der Waals surface area contributed by atoms with Crippen molar-refractivity contribution in [2.75, 3.05) is 26.4 Å². The van der Waals surface area contributed by atoms with Crippen LogP contribution in [-0.2, 0) is 46.5 Å². The Morgan fingerprint density at radius 3 is 1.68 bits per heavy atom. The third kappa shape index (κ3) is 36.2. The van der Waals surface area contributed by atoms with Crippen molar-refractivity contribution >= 4 is 27.6 Å². The molecule has 1 fully saturated rings. The molecule has 0 saturated carbocycles. The zero-order chi connectivity index (χ0) is 44.2. The lowest BCUT2D eigenvalue weighted by molar-refractivity contribution is -0.161. The van der Waals surface area contributed by atoms with Crippen molar-refractivity contribution in [3.63, 3.8) is 0 Å². The SMILES string of the molecule is CCCCC/C=C\C/C=C\C/C=C\CCCCC(=O)O[C@H](COC(=O)CCC/C=C\C/C=C\C/C=C\CC1OC1CCCCC)COP(=O)(O)OC[C@@H](O)COP(=O)(O)O. The van der Waals surface area contributed by atoms with Crippen LogP contribution in [0.1, 0.15) is 142 Å². The lowest BCUT2D eigenvalue weighted by atomic mass is 10.1. The van der Waals surface area contributed by atoms with E-state index in [1.807, 2.05) is 12.2 Å². The first-order valence-corrected chi connectivity index (χ1v) is 24.8. The van der Waals surface area contributed by atoms with Gasteiger partial charge in [0.1, 0.15) is 12.7 Å². The topological polar surface area (TPSA) is 208 Å². The van der Waals surface area contributed by atoms with Gasteiger partial charge in [0.15, 0.2) is 6.10 Å². The molecule has 3 unspecified atom stereocenters. The van der Waals surface area contributed by atoms with E-state index in [4.69, 9.17) is 28.5 Å². The Kier molecular flexibility index (Phi) is 33.4. The first-order chi connectivity index (χ1) is 28.8. The van der Waals surface area contributed by atoms with E-state index in [-0.39, 0.29) is 12.8 Å². The number of phosphoric ester groups is 2. The van der Waals surface area contributed by atoms with Crippen LogP contribution in [0.3, 0.4) is 0 Å². The molecule has 1 saturated heterocycles. The van der Waals surface area contributed by atoms with Gasteiger partial charge in [0.25, 0.3) is 0 Å². The second-order valence-corrected chi connectivity index (χ2v) is 17.3. The fourth-order valence-corrected chi connectivity index (χ4v) is 6.71. The Bertz CT molecular complexity index is 1400. The zero-order valence-corrected chi connectivity index (χ0v) is 37.8. The van der Waals surface area contributed by atoms with Gasteiger partial charge in [0.2, 0.25) is 0 Å². The standard InChI is InChI=1S/C44H74O14P2/c1-3-5-7-8-9-10-11-12-13-14-15-20-23-26-30-34-44(47)57-40(38-56-60(51,52)55-36-39(45)35-54-59(48,49)50)37-53-43(46)33-29-25-22-19-17-16-18-21-24-28-32-42-41(58-42)31-27-6-4-2/h9-10,12-13,15-16,18-20,22,24,28,39-42,45H,3-8,11,14,17,21,23,25-27,29-38H2,1-2H3,(H,51,52)(H2,48,49,50)/b10-9-,13-12-,18-16-,20-15-,22-19-,28-24-/t39-,40+,41?,42?/m0/s1. The highest BCUT2D eigenvalue weighted by molar-refractivity contribution is 7.47. The van der Waals surface area contributed by atoms with Gasteiger partial charge in [-0.15, -0.1) is 0 Å². The molecule has 0 aromatic heterocycles. The first kappa shape index (κ1) is 55.5. The van der Waals surface area contributed by atoms with E-state index in [0.717, 1.165) is 57.8 Å². The molecule has 0 aliphatic carbocycles. The minimum absolute atomic E-state index is 0.0650. The predicted octanol–water partition coefficient (Wildman–Crippen LogP) is 9.99. The molecule has 0 aromatic carbocycles. The summed E-state index contributed by atoms with van der Waals surface area (Å²) in [7, 11) is -9.71. The average molecular weight is 889 g/mol. The van der Waals surface area contributed by atoms with Crippen molar-refractivity contribution in [1.29, 1.82) is 0 Å². The van der Waals surface area contributed by atoms with Crippen LogP contribution in [0.5, 0.6) is 0 Å². The summed E-state index contributed by atoms with van der Waals surface area (Å²) >= 11 is 0. The van der Waals surface area contributed by atoms with E-state index in [9.17, 15) is 28.7 Å². The Morgan fingerprint density at radius 2 is 1.08 bits per heavy atom. The minimum atomic E-state index is -4.88. The number of carbonyl (C=O) groups excluding carboxylic acids is 2. The number of aliphatic hydroxyl groups is 1. The second kappa shape index (κ2) is 36.0. The molecule has 16 heteroatoms. The molecule has 4 N–H and O–H groups in total. The van der Waals surface area contributed by atoms with Gasteiger partial charge in [0.05, 0.1) is 32.0 Å². The van der Waals surface area contributed by atoms with E-state index in [1.54, 1.807) is 0 Å². The minimum Gasteiger partial charge on any atom is -0.462 e. The molecule has 60 heavy (non-hydrogen) atoms. The summed E-state index contributed by atoms with van der Waals surface area (Å²) in [5.74, 6) is -1.15. The van der Waals surface area contributed by atoms with Gasteiger partial charge < -0.3 is 34.0 Å². The number of unbranched alkanes of at least 4 members (excludes halogenated alkanes) is 8. The molecule has 1 heterocycles. The van der Waals surface area contributed by atoms with Crippen LogP contribution >= 0.6 is 15.6 Å². The van der Waals surface area contributed by atoms with Crippen molar-refractivity contribution in [2.24, 2.45) is 0 Å². The smallest absolute Gasteiger partial charge is 0.462 e. The summed E-state index contributed by atoms with van der Waals surface area (Å²) in [6.07, 6.45) is 40.8. The summed E-state index contributed by atoms with van der Waals surface area (Å²) in [4.78, 5) is 52.6. The van der Waals surface area contributed by atoms with E-state index >= 15 is 0 Å². The largest absolute Gasteiger partial charge is 0.472 e. The number of hydrogen-bond donors (Lipinski definition) is 4. The fourth-order valence-electron chi connectivity index (χ4n) is 5.56. The van der Waals surface area contributed by atoms with Gasteiger partial charge in [-0.05, 0) is 83.5 Å². The van der Waals surface area contributed by atoms with Gasteiger partial charge in [-0.25, -0.2) is 9.13 Å².